The summed E-state index contributed by atoms with van der Waals surface area (Å²) >= 11 is 8.20. The summed E-state index contributed by atoms with van der Waals surface area (Å²) in [6.45, 7) is 0. The average molecular weight is 324 g/mol. The molecule has 112 valence electrons. The van der Waals surface area contributed by atoms with E-state index in [0.29, 0.717) is 22.6 Å². The fraction of sp³-hybridized carbons (Fsp3) is 0.375. The second-order valence-corrected chi connectivity index (χ2v) is 6.48. The standard InChI is InChI=1S/C16H18ClNO2S/c1-19-14-8-11(17)13(9-15(14)20-2)18-12-4-3-5-16-10(12)6-7-21-16/h6-9,12,18H,3-5H2,1-2H3. The summed E-state index contributed by atoms with van der Waals surface area (Å²) in [5, 5.41) is 6.37. The van der Waals surface area contributed by atoms with Crippen LogP contribution in [0.15, 0.2) is 23.6 Å². The van der Waals surface area contributed by atoms with E-state index in [9.17, 15) is 0 Å². The largest absolute Gasteiger partial charge is 0.493 e. The van der Waals surface area contributed by atoms with Crippen molar-refractivity contribution in [2.75, 3.05) is 19.5 Å². The van der Waals surface area contributed by atoms with Crippen LogP contribution in [0, 0.1) is 0 Å². The van der Waals surface area contributed by atoms with Crippen molar-refractivity contribution in [3.63, 3.8) is 0 Å². The first-order valence-corrected chi connectivity index (χ1v) is 8.23. The summed E-state index contributed by atoms with van der Waals surface area (Å²) in [5.41, 5.74) is 2.29. The van der Waals surface area contributed by atoms with Gasteiger partial charge in [-0.1, -0.05) is 11.6 Å². The van der Waals surface area contributed by atoms with Crippen LogP contribution in [0.2, 0.25) is 5.02 Å². The van der Waals surface area contributed by atoms with Gasteiger partial charge < -0.3 is 14.8 Å². The molecule has 0 radical (unpaired) electrons. The number of nitrogens with one attached hydrogen (secondary N) is 1. The molecule has 21 heavy (non-hydrogen) atoms. The van der Waals surface area contributed by atoms with Crippen molar-refractivity contribution in [1.29, 1.82) is 0 Å². The molecule has 0 bridgehead atoms. The molecular weight excluding hydrogens is 306 g/mol. The number of hydrogen-bond acceptors (Lipinski definition) is 4. The topological polar surface area (TPSA) is 30.5 Å². The van der Waals surface area contributed by atoms with E-state index in [1.807, 2.05) is 17.4 Å². The molecule has 0 saturated carbocycles. The van der Waals surface area contributed by atoms with Gasteiger partial charge in [0.05, 0.1) is 31.0 Å². The van der Waals surface area contributed by atoms with Crippen LogP contribution in [0.3, 0.4) is 0 Å². The van der Waals surface area contributed by atoms with E-state index in [1.54, 1.807) is 20.3 Å². The zero-order valence-corrected chi connectivity index (χ0v) is 13.7. The zero-order valence-electron chi connectivity index (χ0n) is 12.1. The maximum Gasteiger partial charge on any atom is 0.162 e. The normalized spacial score (nSPS) is 17.2. The van der Waals surface area contributed by atoms with Gasteiger partial charge in [0.15, 0.2) is 11.5 Å². The molecule has 3 rings (SSSR count). The zero-order chi connectivity index (χ0) is 14.8. The smallest absolute Gasteiger partial charge is 0.162 e. The molecule has 1 aliphatic carbocycles. The number of halogens is 1. The van der Waals surface area contributed by atoms with Crippen LogP contribution < -0.4 is 14.8 Å². The lowest BCUT2D eigenvalue weighted by Crippen LogP contribution is -2.15. The Bertz CT molecular complexity index is 641. The number of methoxy groups -OCH3 is 2. The molecule has 1 heterocycles. The van der Waals surface area contributed by atoms with Gasteiger partial charge in [0, 0.05) is 17.0 Å². The second kappa shape index (κ2) is 6.16. The van der Waals surface area contributed by atoms with Crippen LogP contribution in [-0.4, -0.2) is 14.2 Å². The maximum absolute atomic E-state index is 6.36. The van der Waals surface area contributed by atoms with Gasteiger partial charge in [0.1, 0.15) is 0 Å². The molecule has 2 aromatic rings. The van der Waals surface area contributed by atoms with Crippen molar-refractivity contribution in [3.8, 4) is 11.5 Å². The number of thiophene rings is 1. The number of fused-ring (bicyclic) bond motifs is 1. The van der Waals surface area contributed by atoms with E-state index in [-0.39, 0.29) is 0 Å². The molecule has 1 atom stereocenters. The van der Waals surface area contributed by atoms with Crippen molar-refractivity contribution in [1.82, 2.24) is 0 Å². The van der Waals surface area contributed by atoms with Gasteiger partial charge in [0.25, 0.3) is 0 Å². The van der Waals surface area contributed by atoms with Crippen LogP contribution in [-0.2, 0) is 6.42 Å². The Morgan fingerprint density at radius 1 is 1.24 bits per heavy atom. The van der Waals surface area contributed by atoms with E-state index >= 15 is 0 Å². The number of ether oxygens (including phenoxy) is 2. The quantitative estimate of drug-likeness (QED) is 0.867. The molecular formula is C16H18ClNO2S. The molecule has 0 fully saturated rings. The average Bonchev–Trinajstić information content (AvgIpc) is 2.98. The Hall–Kier alpha value is -1.39. The number of rotatable bonds is 4. The molecule has 1 aromatic carbocycles. The SMILES string of the molecule is COc1cc(Cl)c(NC2CCCc3sccc32)cc1OC. The minimum atomic E-state index is 0.315. The third-order valence-electron chi connectivity index (χ3n) is 3.85. The Balaban J connectivity index is 1.89. The lowest BCUT2D eigenvalue weighted by molar-refractivity contribution is 0.355. The lowest BCUT2D eigenvalue weighted by Gasteiger charge is -2.25. The number of hydrogen-bond donors (Lipinski definition) is 1. The molecule has 5 heteroatoms. The predicted octanol–water partition coefficient (Wildman–Crippen LogP) is 4.91. The van der Waals surface area contributed by atoms with E-state index in [2.05, 4.69) is 16.8 Å². The fourth-order valence-electron chi connectivity index (χ4n) is 2.79. The van der Waals surface area contributed by atoms with E-state index in [0.717, 1.165) is 12.1 Å². The Kier molecular flexibility index (Phi) is 4.27. The molecule has 0 spiro atoms. The molecule has 0 amide bonds. The Morgan fingerprint density at radius 2 is 2.00 bits per heavy atom. The first kappa shape index (κ1) is 14.5. The van der Waals surface area contributed by atoms with Gasteiger partial charge in [-0.05, 0) is 36.3 Å². The molecule has 1 aromatic heterocycles. The van der Waals surface area contributed by atoms with Crippen LogP contribution in [0.5, 0.6) is 11.5 Å². The molecule has 0 aliphatic heterocycles. The van der Waals surface area contributed by atoms with E-state index in [4.69, 9.17) is 21.1 Å². The summed E-state index contributed by atoms with van der Waals surface area (Å²) in [6.07, 6.45) is 3.51. The van der Waals surface area contributed by atoms with Crippen molar-refractivity contribution < 1.29 is 9.47 Å². The number of aryl methyl sites for hydroxylation is 1. The highest BCUT2D eigenvalue weighted by Crippen LogP contribution is 2.40. The van der Waals surface area contributed by atoms with Crippen LogP contribution in [0.4, 0.5) is 5.69 Å². The first-order chi connectivity index (χ1) is 10.2. The molecule has 1 N–H and O–H groups in total. The van der Waals surface area contributed by atoms with E-state index < -0.39 is 0 Å². The molecule has 3 nitrogen and oxygen atoms in total. The van der Waals surface area contributed by atoms with Crippen LogP contribution >= 0.6 is 22.9 Å². The van der Waals surface area contributed by atoms with Gasteiger partial charge in [-0.2, -0.15) is 0 Å². The van der Waals surface area contributed by atoms with Crippen molar-refractivity contribution in [3.05, 3.63) is 39.0 Å². The summed E-state index contributed by atoms with van der Waals surface area (Å²) in [4.78, 5) is 1.48. The number of benzene rings is 1. The highest BCUT2D eigenvalue weighted by atomic mass is 35.5. The summed E-state index contributed by atoms with van der Waals surface area (Å²) in [7, 11) is 3.24. The summed E-state index contributed by atoms with van der Waals surface area (Å²) in [6, 6.07) is 6.23. The second-order valence-electron chi connectivity index (χ2n) is 5.08. The minimum absolute atomic E-state index is 0.315. The van der Waals surface area contributed by atoms with Crippen LogP contribution in [0.1, 0.15) is 29.3 Å². The number of anilines is 1. The van der Waals surface area contributed by atoms with Gasteiger partial charge in [0.2, 0.25) is 0 Å². The van der Waals surface area contributed by atoms with Gasteiger partial charge in [-0.3, -0.25) is 0 Å². The monoisotopic (exact) mass is 323 g/mol. The summed E-state index contributed by atoms with van der Waals surface area (Å²) in [5.74, 6) is 1.33. The highest BCUT2D eigenvalue weighted by molar-refractivity contribution is 7.10. The molecule has 1 unspecified atom stereocenters. The third kappa shape index (κ3) is 2.83. The van der Waals surface area contributed by atoms with E-state index in [1.165, 1.54) is 23.3 Å². The fourth-order valence-corrected chi connectivity index (χ4v) is 3.98. The minimum Gasteiger partial charge on any atom is -0.493 e. The van der Waals surface area contributed by atoms with Gasteiger partial charge in [-0.25, -0.2) is 0 Å². The predicted molar refractivity (Wildman–Crippen MR) is 88.2 cm³/mol. The first-order valence-electron chi connectivity index (χ1n) is 6.97. The van der Waals surface area contributed by atoms with Crippen LogP contribution in [0.25, 0.3) is 0 Å². The van der Waals surface area contributed by atoms with Crippen molar-refractivity contribution >= 4 is 28.6 Å². The maximum atomic E-state index is 6.36. The summed E-state index contributed by atoms with van der Waals surface area (Å²) < 4.78 is 10.6. The lowest BCUT2D eigenvalue weighted by atomic mass is 9.94. The van der Waals surface area contributed by atoms with Gasteiger partial charge in [-0.15, -0.1) is 11.3 Å². The van der Waals surface area contributed by atoms with Crippen molar-refractivity contribution in [2.45, 2.75) is 25.3 Å². The van der Waals surface area contributed by atoms with Crippen molar-refractivity contribution in [2.24, 2.45) is 0 Å². The third-order valence-corrected chi connectivity index (χ3v) is 5.16. The molecule has 1 aliphatic rings. The Morgan fingerprint density at radius 3 is 2.76 bits per heavy atom. The van der Waals surface area contributed by atoms with Gasteiger partial charge >= 0.3 is 0 Å². The Labute approximate surface area is 133 Å². The molecule has 0 saturated heterocycles. The highest BCUT2D eigenvalue weighted by Gasteiger charge is 2.22.